The Hall–Kier alpha value is 0.190. The maximum Gasteiger partial charge on any atom is 0.335 e. The minimum absolute atomic E-state index is 3.50. The molecule has 0 aliphatic rings. The van der Waals surface area contributed by atoms with E-state index in [-0.39, 0.29) is 0 Å². The maximum absolute atomic E-state index is 9.50. The number of rotatable bonds is 1. The van der Waals surface area contributed by atoms with Gasteiger partial charge in [-0.15, -0.1) is 0 Å². The summed E-state index contributed by atoms with van der Waals surface area (Å²) >= 11 is 0. The molecule has 0 aliphatic heterocycles. The molecule has 7 heavy (non-hydrogen) atoms. The van der Waals surface area contributed by atoms with Crippen molar-refractivity contribution in [1.29, 1.82) is 0 Å². The van der Waals surface area contributed by atoms with Gasteiger partial charge in [0.15, 0.2) is 0 Å². The van der Waals surface area contributed by atoms with E-state index in [4.69, 9.17) is 0 Å². The number of hydrogen-bond donors (Lipinski definition) is 1. The zero-order valence-electron chi connectivity index (χ0n) is 2.87. The van der Waals surface area contributed by atoms with Crippen LogP contribution in [0.4, 0.5) is 0 Å². The second-order valence-corrected chi connectivity index (χ2v) is 6.11. The standard InChI is InChI=1S/ClHO4S2/c1-7(4,5)6(2)3/h6H. The topological polar surface area (TPSA) is 68.3 Å². The molecule has 0 aromatic rings. The van der Waals surface area contributed by atoms with Crippen LogP contribution in [0.1, 0.15) is 0 Å². The zero-order chi connectivity index (χ0) is 6.08. The molecule has 0 radical (unpaired) electrons. The molecule has 0 fully saturated rings. The zero-order valence-corrected chi connectivity index (χ0v) is 5.33. The van der Waals surface area contributed by atoms with Gasteiger partial charge in [0.2, 0.25) is 0 Å². The van der Waals surface area contributed by atoms with Crippen LogP contribution in [0, 0.1) is 0 Å². The van der Waals surface area contributed by atoms with Gasteiger partial charge in [-0.1, -0.05) is 0 Å². The van der Waals surface area contributed by atoms with Crippen LogP contribution in [0.15, 0.2) is 0 Å². The van der Waals surface area contributed by atoms with E-state index in [2.05, 4.69) is 10.7 Å². The van der Waals surface area contributed by atoms with Crippen LogP contribution in [0.3, 0.4) is 0 Å². The van der Waals surface area contributed by atoms with Crippen molar-refractivity contribution in [1.82, 2.24) is 0 Å². The molecule has 0 unspecified atom stereocenters. The third kappa shape index (κ3) is 2.84. The lowest BCUT2D eigenvalue weighted by molar-refractivity contribution is 0.600. The van der Waals surface area contributed by atoms with Gasteiger partial charge in [0.1, 0.15) is 0 Å². The van der Waals surface area contributed by atoms with Crippen molar-refractivity contribution < 1.29 is 16.8 Å². The summed E-state index contributed by atoms with van der Waals surface area (Å²) in [4.78, 5) is 0. The average molecular weight is 165 g/mol. The van der Waals surface area contributed by atoms with Gasteiger partial charge in [-0.3, -0.25) is 0 Å². The molecule has 7 heteroatoms. The molecule has 0 saturated heterocycles. The lowest BCUT2D eigenvalue weighted by Gasteiger charge is -1.69. The molecule has 0 aliphatic carbocycles. The van der Waals surface area contributed by atoms with Crippen LogP contribution in [-0.4, -0.2) is 16.8 Å². The van der Waals surface area contributed by atoms with Gasteiger partial charge in [0, 0.05) is 10.7 Å². The van der Waals surface area contributed by atoms with Crippen molar-refractivity contribution >= 4 is 28.5 Å². The van der Waals surface area contributed by atoms with E-state index in [1.807, 2.05) is 0 Å². The van der Waals surface area contributed by atoms with Gasteiger partial charge >= 0.3 is 8.08 Å². The molecule has 0 N–H and O–H groups in total. The largest absolute Gasteiger partial charge is 0.335 e. The Balaban J connectivity index is 4.82. The molecule has 4 nitrogen and oxygen atoms in total. The Morgan fingerprint density at radius 3 is 1.43 bits per heavy atom. The fourth-order valence-electron chi connectivity index (χ4n) is 0. The predicted octanol–water partition coefficient (Wildman–Crippen LogP) is -0.919. The van der Waals surface area contributed by atoms with Crippen molar-refractivity contribution in [2.24, 2.45) is 0 Å². The summed E-state index contributed by atoms with van der Waals surface area (Å²) in [6.07, 6.45) is 0. The quantitative estimate of drug-likeness (QED) is 0.309. The average Bonchev–Trinajstić information content (AvgIpc) is 1.31. The van der Waals surface area contributed by atoms with Gasteiger partial charge in [-0.25, -0.2) is 8.42 Å². The van der Waals surface area contributed by atoms with E-state index in [1.165, 1.54) is 0 Å². The monoisotopic (exact) mass is 164 g/mol. The first kappa shape index (κ1) is 7.19. The summed E-state index contributed by atoms with van der Waals surface area (Å²) in [5, 5.41) is 0. The SMILES string of the molecule is O=[SH](=O)S(=O)(=O)Cl. The highest BCUT2D eigenvalue weighted by molar-refractivity contribution is 8.68. The fraction of sp³-hybridized carbons (Fsp3) is 0. The molecule has 0 heterocycles. The molecule has 0 rings (SSSR count). The van der Waals surface area contributed by atoms with Crippen LogP contribution in [0.25, 0.3) is 0 Å². The molecule has 0 saturated carbocycles. The van der Waals surface area contributed by atoms with Crippen LogP contribution in [0.5, 0.6) is 0 Å². The lowest BCUT2D eigenvalue weighted by Crippen LogP contribution is -1.87. The number of hydrogen-bond acceptors (Lipinski definition) is 4. The van der Waals surface area contributed by atoms with E-state index >= 15 is 0 Å². The maximum atomic E-state index is 9.50. The Morgan fingerprint density at radius 1 is 1.29 bits per heavy atom. The molecule has 0 bridgehead atoms. The normalized spacial score (nSPS) is 12.3. The van der Waals surface area contributed by atoms with E-state index in [1.54, 1.807) is 0 Å². The Kier molecular flexibility index (Phi) is 2.03. The molecule has 0 atom stereocenters. The van der Waals surface area contributed by atoms with Crippen molar-refractivity contribution in [3.8, 4) is 0 Å². The van der Waals surface area contributed by atoms with Crippen molar-refractivity contribution in [3.05, 3.63) is 0 Å². The lowest BCUT2D eigenvalue weighted by atomic mass is 15.9. The van der Waals surface area contributed by atoms with Gasteiger partial charge in [-0.2, -0.15) is 8.42 Å². The highest BCUT2D eigenvalue weighted by atomic mass is 35.8. The first-order chi connectivity index (χ1) is 2.94. The van der Waals surface area contributed by atoms with Gasteiger partial charge in [0.25, 0.3) is 9.74 Å². The van der Waals surface area contributed by atoms with E-state index in [9.17, 15) is 16.8 Å². The van der Waals surface area contributed by atoms with Crippen LogP contribution >= 0.6 is 10.7 Å². The molecule has 0 aromatic carbocycles. The Morgan fingerprint density at radius 2 is 1.43 bits per heavy atom. The molecule has 0 amide bonds. The summed E-state index contributed by atoms with van der Waals surface area (Å²) in [7, 11) is -3.57. The summed E-state index contributed by atoms with van der Waals surface area (Å²) in [6.45, 7) is 0. The van der Waals surface area contributed by atoms with Gasteiger partial charge in [-0.05, 0) is 0 Å². The van der Waals surface area contributed by atoms with E-state index in [0.717, 1.165) is 0 Å². The van der Waals surface area contributed by atoms with Crippen molar-refractivity contribution in [3.63, 3.8) is 0 Å². The third-order valence-corrected chi connectivity index (χ3v) is 2.62. The highest BCUT2D eigenvalue weighted by Gasteiger charge is 2.04. The minimum Gasteiger partial charge on any atom is -0.214 e. The number of thiol groups is 1. The minimum atomic E-state index is -4.31. The van der Waals surface area contributed by atoms with Crippen LogP contribution in [-0.2, 0) is 17.8 Å². The smallest absolute Gasteiger partial charge is 0.214 e. The Labute approximate surface area is 45.9 Å². The first-order valence-electron chi connectivity index (χ1n) is 1.04. The fourth-order valence-corrected chi connectivity index (χ4v) is 0. The second kappa shape index (κ2) is 1.97. The highest BCUT2D eigenvalue weighted by Crippen LogP contribution is 1.93. The van der Waals surface area contributed by atoms with Crippen molar-refractivity contribution in [2.45, 2.75) is 0 Å². The molecule has 44 valence electrons. The predicted molar refractivity (Wildman–Crippen MR) is 25.1 cm³/mol. The Bertz CT molecular complexity index is 198. The van der Waals surface area contributed by atoms with Crippen molar-refractivity contribution in [2.75, 3.05) is 0 Å². The van der Waals surface area contributed by atoms with E-state index in [0.29, 0.717) is 0 Å². The first-order valence-corrected chi connectivity index (χ1v) is 5.13. The molecular formula is HClO4S2. The van der Waals surface area contributed by atoms with E-state index < -0.39 is 17.8 Å². The van der Waals surface area contributed by atoms with Crippen LogP contribution in [0.2, 0.25) is 0 Å². The second-order valence-electron chi connectivity index (χ2n) is 0.636. The number of halogens is 1. The molecular weight excluding hydrogens is 164 g/mol. The molecule has 0 aromatic heterocycles. The summed E-state index contributed by atoms with van der Waals surface area (Å²) < 4.78 is 37.7. The van der Waals surface area contributed by atoms with Crippen LogP contribution < -0.4 is 0 Å². The molecule has 0 spiro atoms. The van der Waals surface area contributed by atoms with Gasteiger partial charge < -0.3 is 0 Å². The summed E-state index contributed by atoms with van der Waals surface area (Å²) in [6, 6.07) is 0. The van der Waals surface area contributed by atoms with Gasteiger partial charge in [0.05, 0.1) is 0 Å². The summed E-state index contributed by atoms with van der Waals surface area (Å²) in [5.41, 5.74) is 0. The summed E-state index contributed by atoms with van der Waals surface area (Å²) in [5.74, 6) is 0. The third-order valence-electron chi connectivity index (χ3n) is 0.178.